The number of carbonyl (C=O) groups excluding carboxylic acids is 1. The third kappa shape index (κ3) is 4.07. The molecule has 0 aliphatic carbocycles. The van der Waals surface area contributed by atoms with Crippen molar-refractivity contribution in [3.63, 3.8) is 0 Å². The largest absolute Gasteiger partial charge is 0.399 e. The number of hydrogen-bond donors (Lipinski definition) is 2. The summed E-state index contributed by atoms with van der Waals surface area (Å²) < 4.78 is 0. The average Bonchev–Trinajstić information content (AvgIpc) is 2.58. The zero-order chi connectivity index (χ0) is 18.0. The van der Waals surface area contributed by atoms with E-state index < -0.39 is 0 Å². The lowest BCUT2D eigenvalue weighted by molar-refractivity contribution is 0.102. The highest BCUT2D eigenvalue weighted by Crippen LogP contribution is 2.32. The summed E-state index contributed by atoms with van der Waals surface area (Å²) in [6.45, 7) is 6.18. The zero-order valence-corrected chi connectivity index (χ0v) is 15.4. The van der Waals surface area contributed by atoms with Gasteiger partial charge < -0.3 is 16.0 Å². The van der Waals surface area contributed by atoms with Gasteiger partial charge in [0.25, 0.3) is 5.91 Å². The first-order valence-corrected chi connectivity index (χ1v) is 9.04. The lowest BCUT2D eigenvalue weighted by Crippen LogP contribution is -2.33. The van der Waals surface area contributed by atoms with Crippen molar-refractivity contribution in [2.45, 2.75) is 26.7 Å². The fraction of sp³-hybridized carbons (Fsp3) is 0.350. The van der Waals surface area contributed by atoms with E-state index in [0.29, 0.717) is 16.3 Å². The summed E-state index contributed by atoms with van der Waals surface area (Å²) in [5, 5.41) is 3.59. The summed E-state index contributed by atoms with van der Waals surface area (Å²) in [5.74, 6) is 0.567. The monoisotopic (exact) mass is 357 g/mol. The maximum absolute atomic E-state index is 12.6. The van der Waals surface area contributed by atoms with Crippen LogP contribution in [0.5, 0.6) is 0 Å². The molecule has 132 valence electrons. The number of carbonyl (C=O) groups is 1. The molecule has 0 radical (unpaired) electrons. The van der Waals surface area contributed by atoms with Gasteiger partial charge in [-0.1, -0.05) is 24.6 Å². The van der Waals surface area contributed by atoms with Crippen LogP contribution in [0, 0.1) is 12.8 Å². The molecule has 1 saturated heterocycles. The van der Waals surface area contributed by atoms with E-state index in [-0.39, 0.29) is 5.91 Å². The van der Waals surface area contributed by atoms with Crippen molar-refractivity contribution in [1.29, 1.82) is 0 Å². The Balaban J connectivity index is 1.84. The molecule has 5 heteroatoms. The standard InChI is InChI=1S/C20H24ClN3O/c1-13-7-9-24(10-8-13)19-6-5-16(22)12-18(19)23-20(25)15-4-3-14(2)17(21)11-15/h3-6,11-13H,7-10,22H2,1-2H3,(H,23,25). The zero-order valence-electron chi connectivity index (χ0n) is 14.7. The number of nitrogens with zero attached hydrogens (tertiary/aromatic N) is 1. The van der Waals surface area contributed by atoms with Crippen molar-refractivity contribution in [2.24, 2.45) is 5.92 Å². The van der Waals surface area contributed by atoms with Gasteiger partial charge in [0.15, 0.2) is 0 Å². The Labute approximate surface area is 154 Å². The number of halogens is 1. The van der Waals surface area contributed by atoms with Crippen LogP contribution >= 0.6 is 11.6 Å². The lowest BCUT2D eigenvalue weighted by Gasteiger charge is -2.33. The molecule has 3 rings (SSSR count). The molecule has 1 aliphatic heterocycles. The van der Waals surface area contributed by atoms with Crippen LogP contribution in [0.25, 0.3) is 0 Å². The Kier molecular flexibility index (Phi) is 5.19. The first kappa shape index (κ1) is 17.6. The molecule has 1 amide bonds. The van der Waals surface area contributed by atoms with Crippen LogP contribution in [0.1, 0.15) is 35.7 Å². The minimum Gasteiger partial charge on any atom is -0.399 e. The van der Waals surface area contributed by atoms with E-state index in [1.807, 2.05) is 31.2 Å². The van der Waals surface area contributed by atoms with E-state index in [4.69, 9.17) is 17.3 Å². The van der Waals surface area contributed by atoms with Crippen LogP contribution in [0.15, 0.2) is 36.4 Å². The van der Waals surface area contributed by atoms with Gasteiger partial charge in [-0.25, -0.2) is 0 Å². The number of benzene rings is 2. The predicted molar refractivity (Wildman–Crippen MR) is 106 cm³/mol. The van der Waals surface area contributed by atoms with Crippen LogP contribution in [-0.2, 0) is 0 Å². The average molecular weight is 358 g/mol. The minimum absolute atomic E-state index is 0.181. The number of nitrogens with two attached hydrogens (primary N) is 1. The first-order chi connectivity index (χ1) is 11.9. The fourth-order valence-electron chi connectivity index (χ4n) is 3.11. The molecular formula is C20H24ClN3O. The lowest BCUT2D eigenvalue weighted by atomic mass is 9.98. The number of nitrogen functional groups attached to an aromatic ring is 1. The van der Waals surface area contributed by atoms with Gasteiger partial charge in [-0.15, -0.1) is 0 Å². The molecule has 1 heterocycles. The number of anilines is 3. The van der Waals surface area contributed by atoms with Crippen molar-refractivity contribution >= 4 is 34.6 Å². The maximum atomic E-state index is 12.6. The highest BCUT2D eigenvalue weighted by Gasteiger charge is 2.19. The quantitative estimate of drug-likeness (QED) is 0.781. The summed E-state index contributed by atoms with van der Waals surface area (Å²) in [6, 6.07) is 11.0. The number of amides is 1. The second-order valence-corrected chi connectivity index (χ2v) is 7.27. The van der Waals surface area contributed by atoms with Gasteiger partial charge in [0.05, 0.1) is 11.4 Å². The smallest absolute Gasteiger partial charge is 0.255 e. The number of aryl methyl sites for hydroxylation is 1. The van der Waals surface area contributed by atoms with Crippen molar-refractivity contribution in [3.8, 4) is 0 Å². The van der Waals surface area contributed by atoms with E-state index in [2.05, 4.69) is 17.1 Å². The summed E-state index contributed by atoms with van der Waals surface area (Å²) in [6.07, 6.45) is 2.32. The van der Waals surface area contributed by atoms with E-state index >= 15 is 0 Å². The van der Waals surface area contributed by atoms with Crippen molar-refractivity contribution in [3.05, 3.63) is 52.5 Å². The number of nitrogens with one attached hydrogen (secondary N) is 1. The third-order valence-corrected chi connectivity index (χ3v) is 5.23. The normalized spacial score (nSPS) is 15.2. The van der Waals surface area contributed by atoms with Gasteiger partial charge in [0, 0.05) is 29.4 Å². The molecule has 0 spiro atoms. The molecular weight excluding hydrogens is 334 g/mol. The van der Waals surface area contributed by atoms with Gasteiger partial charge >= 0.3 is 0 Å². The summed E-state index contributed by atoms with van der Waals surface area (Å²) in [4.78, 5) is 15.0. The number of rotatable bonds is 3. The first-order valence-electron chi connectivity index (χ1n) is 8.66. The molecule has 3 N–H and O–H groups in total. The van der Waals surface area contributed by atoms with Crippen LogP contribution < -0.4 is 16.0 Å². The maximum Gasteiger partial charge on any atom is 0.255 e. The Morgan fingerprint density at radius 1 is 1.20 bits per heavy atom. The van der Waals surface area contributed by atoms with Gasteiger partial charge in [0.1, 0.15) is 0 Å². The fourth-order valence-corrected chi connectivity index (χ4v) is 3.29. The summed E-state index contributed by atoms with van der Waals surface area (Å²) in [7, 11) is 0. The van der Waals surface area contributed by atoms with Crippen molar-refractivity contribution < 1.29 is 4.79 Å². The molecule has 0 bridgehead atoms. The molecule has 4 nitrogen and oxygen atoms in total. The Morgan fingerprint density at radius 3 is 2.60 bits per heavy atom. The Bertz CT molecular complexity index is 783. The van der Waals surface area contributed by atoms with Gasteiger partial charge in [-0.3, -0.25) is 4.79 Å². The van der Waals surface area contributed by atoms with Crippen LogP contribution in [-0.4, -0.2) is 19.0 Å². The van der Waals surface area contributed by atoms with Crippen LogP contribution in [0.3, 0.4) is 0 Å². The second kappa shape index (κ2) is 7.36. The molecule has 2 aromatic rings. The van der Waals surface area contributed by atoms with Gasteiger partial charge in [-0.05, 0) is 61.6 Å². The minimum atomic E-state index is -0.181. The Morgan fingerprint density at radius 2 is 1.92 bits per heavy atom. The number of piperidine rings is 1. The molecule has 25 heavy (non-hydrogen) atoms. The molecule has 0 unspecified atom stereocenters. The Hall–Kier alpha value is -2.20. The number of hydrogen-bond acceptors (Lipinski definition) is 3. The summed E-state index contributed by atoms with van der Waals surface area (Å²) >= 11 is 6.14. The van der Waals surface area contributed by atoms with E-state index in [1.54, 1.807) is 12.1 Å². The summed E-state index contributed by atoms with van der Waals surface area (Å²) in [5.41, 5.74) is 9.83. The van der Waals surface area contributed by atoms with E-state index in [9.17, 15) is 4.79 Å². The molecule has 0 atom stereocenters. The molecule has 0 saturated carbocycles. The van der Waals surface area contributed by atoms with Crippen molar-refractivity contribution in [2.75, 3.05) is 29.0 Å². The van der Waals surface area contributed by atoms with Gasteiger partial charge in [0.2, 0.25) is 0 Å². The van der Waals surface area contributed by atoms with Crippen LogP contribution in [0.2, 0.25) is 5.02 Å². The SMILES string of the molecule is Cc1ccc(C(=O)Nc2cc(N)ccc2N2CCC(C)CC2)cc1Cl. The highest BCUT2D eigenvalue weighted by molar-refractivity contribution is 6.31. The predicted octanol–water partition coefficient (Wildman–Crippen LogP) is 4.72. The van der Waals surface area contributed by atoms with Gasteiger partial charge in [-0.2, -0.15) is 0 Å². The molecule has 1 fully saturated rings. The third-order valence-electron chi connectivity index (χ3n) is 4.83. The molecule has 1 aliphatic rings. The van der Waals surface area contributed by atoms with E-state index in [1.165, 1.54) is 0 Å². The highest BCUT2D eigenvalue weighted by atomic mass is 35.5. The van der Waals surface area contributed by atoms with Crippen molar-refractivity contribution in [1.82, 2.24) is 0 Å². The topological polar surface area (TPSA) is 58.4 Å². The van der Waals surface area contributed by atoms with Crippen LogP contribution in [0.4, 0.5) is 17.1 Å². The molecule has 2 aromatic carbocycles. The molecule has 0 aromatic heterocycles. The second-order valence-electron chi connectivity index (χ2n) is 6.86. The van der Waals surface area contributed by atoms with E-state index in [0.717, 1.165) is 48.8 Å².